The third-order valence-electron chi connectivity index (χ3n) is 4.68. The molecule has 4 nitrogen and oxygen atoms in total. The number of hydrogen-bond acceptors (Lipinski definition) is 3. The molecule has 0 aromatic heterocycles. The van der Waals surface area contributed by atoms with Crippen LogP contribution in [0.1, 0.15) is 42.5 Å². The zero-order chi connectivity index (χ0) is 14.9. The molecule has 1 saturated heterocycles. The number of methoxy groups -OCH3 is 1. The summed E-state index contributed by atoms with van der Waals surface area (Å²) in [5, 5.41) is 6.80. The van der Waals surface area contributed by atoms with Crippen LogP contribution in [-0.2, 0) is 0 Å². The number of amides is 1. The van der Waals surface area contributed by atoms with Gasteiger partial charge in [0.1, 0.15) is 5.75 Å². The second kappa shape index (κ2) is 5.97. The number of hydrogen-bond donors (Lipinski definition) is 2. The highest BCUT2D eigenvalue weighted by Crippen LogP contribution is 2.38. The highest BCUT2D eigenvalue weighted by atomic mass is 79.9. The molecule has 114 valence electrons. The molecule has 3 rings (SSSR count). The Kier molecular flexibility index (Phi) is 4.22. The Balaban J connectivity index is 1.68. The lowest BCUT2D eigenvalue weighted by molar-refractivity contribution is 0.0850. The van der Waals surface area contributed by atoms with Crippen molar-refractivity contribution in [1.82, 2.24) is 10.6 Å². The topological polar surface area (TPSA) is 50.4 Å². The number of carbonyl (C=O) groups is 1. The van der Waals surface area contributed by atoms with Gasteiger partial charge in [-0.1, -0.05) is 15.9 Å². The van der Waals surface area contributed by atoms with Crippen molar-refractivity contribution in [3.63, 3.8) is 0 Å². The van der Waals surface area contributed by atoms with Crippen LogP contribution in [0.2, 0.25) is 0 Å². The Morgan fingerprint density at radius 1 is 1.48 bits per heavy atom. The smallest absolute Gasteiger partial charge is 0.255 e. The fourth-order valence-corrected chi connectivity index (χ4v) is 3.72. The molecule has 1 amide bonds. The molecule has 0 radical (unpaired) electrons. The summed E-state index contributed by atoms with van der Waals surface area (Å²) in [6.45, 7) is 0.989. The summed E-state index contributed by atoms with van der Waals surface area (Å²) in [5.41, 5.74) is 0.891. The van der Waals surface area contributed by atoms with Gasteiger partial charge in [0, 0.05) is 16.1 Å². The number of halogens is 1. The lowest BCUT2D eigenvalue weighted by Gasteiger charge is -2.48. The second-order valence-electron chi connectivity index (χ2n) is 6.07. The fourth-order valence-electron chi connectivity index (χ4n) is 3.38. The van der Waals surface area contributed by atoms with Crippen LogP contribution in [0, 0.1) is 0 Å². The summed E-state index contributed by atoms with van der Waals surface area (Å²) < 4.78 is 6.22. The molecule has 1 heterocycles. The van der Waals surface area contributed by atoms with Crippen LogP contribution in [0.25, 0.3) is 0 Å². The molecule has 1 atom stereocenters. The van der Waals surface area contributed by atoms with Gasteiger partial charge >= 0.3 is 0 Å². The van der Waals surface area contributed by atoms with E-state index in [-0.39, 0.29) is 11.9 Å². The molecule has 1 spiro atoms. The van der Waals surface area contributed by atoms with Crippen LogP contribution in [0.15, 0.2) is 22.7 Å². The Hall–Kier alpha value is -1.07. The molecule has 2 fully saturated rings. The van der Waals surface area contributed by atoms with E-state index in [1.807, 2.05) is 12.1 Å². The first-order valence-electron chi connectivity index (χ1n) is 7.51. The van der Waals surface area contributed by atoms with Crippen LogP contribution in [-0.4, -0.2) is 31.1 Å². The van der Waals surface area contributed by atoms with Crippen molar-refractivity contribution in [1.29, 1.82) is 0 Å². The SMILES string of the molecule is COc1cc(Br)ccc1C(=O)NC1CCNC2(CCC2)C1. The van der Waals surface area contributed by atoms with E-state index >= 15 is 0 Å². The van der Waals surface area contributed by atoms with Gasteiger partial charge in [0.25, 0.3) is 5.91 Å². The molecule has 1 aromatic rings. The third kappa shape index (κ3) is 3.09. The number of rotatable bonds is 3. The van der Waals surface area contributed by atoms with Gasteiger partial charge in [-0.15, -0.1) is 0 Å². The highest BCUT2D eigenvalue weighted by Gasteiger charge is 2.41. The third-order valence-corrected chi connectivity index (χ3v) is 5.18. The quantitative estimate of drug-likeness (QED) is 0.879. The van der Waals surface area contributed by atoms with E-state index in [0.29, 0.717) is 16.9 Å². The van der Waals surface area contributed by atoms with E-state index in [1.165, 1.54) is 19.3 Å². The molecule has 5 heteroatoms. The molecule has 2 aliphatic rings. The summed E-state index contributed by atoms with van der Waals surface area (Å²) in [6, 6.07) is 5.75. The van der Waals surface area contributed by atoms with Crippen molar-refractivity contribution in [3.05, 3.63) is 28.2 Å². The normalized spacial score (nSPS) is 23.4. The molecule has 1 aromatic carbocycles. The number of benzene rings is 1. The minimum atomic E-state index is -0.0410. The predicted octanol–water partition coefficient (Wildman–Crippen LogP) is 2.86. The summed E-state index contributed by atoms with van der Waals surface area (Å²) in [7, 11) is 1.59. The van der Waals surface area contributed by atoms with Gasteiger partial charge in [-0.05, 0) is 56.8 Å². The summed E-state index contributed by atoms with van der Waals surface area (Å²) in [4.78, 5) is 12.5. The van der Waals surface area contributed by atoms with E-state index in [9.17, 15) is 4.79 Å². The van der Waals surface area contributed by atoms with Crippen LogP contribution in [0.5, 0.6) is 5.75 Å². The lowest BCUT2D eigenvalue weighted by Crippen LogP contribution is -2.59. The highest BCUT2D eigenvalue weighted by molar-refractivity contribution is 9.10. The maximum Gasteiger partial charge on any atom is 0.255 e. The Bertz CT molecular complexity index is 543. The van der Waals surface area contributed by atoms with Crippen LogP contribution in [0.3, 0.4) is 0 Å². The average Bonchev–Trinajstić information content (AvgIpc) is 2.45. The maximum absolute atomic E-state index is 12.5. The molecule has 0 bridgehead atoms. The van der Waals surface area contributed by atoms with Gasteiger partial charge in [0.2, 0.25) is 0 Å². The molecule has 21 heavy (non-hydrogen) atoms. The van der Waals surface area contributed by atoms with E-state index in [0.717, 1.165) is 23.9 Å². The van der Waals surface area contributed by atoms with Gasteiger partial charge in [0.05, 0.1) is 12.7 Å². The van der Waals surface area contributed by atoms with Gasteiger partial charge in [-0.2, -0.15) is 0 Å². The standard InChI is InChI=1S/C16H21BrN2O2/c1-21-14-9-11(17)3-4-13(14)15(20)19-12-5-8-18-16(10-12)6-2-7-16/h3-4,9,12,18H,2,5-8,10H2,1H3,(H,19,20). The average molecular weight is 353 g/mol. The first-order valence-corrected chi connectivity index (χ1v) is 8.31. The van der Waals surface area contributed by atoms with Gasteiger partial charge in [-0.25, -0.2) is 0 Å². The van der Waals surface area contributed by atoms with Crippen LogP contribution >= 0.6 is 15.9 Å². The monoisotopic (exact) mass is 352 g/mol. The summed E-state index contributed by atoms with van der Waals surface area (Å²) in [6.07, 6.45) is 5.81. The molecule has 2 N–H and O–H groups in total. The molecular weight excluding hydrogens is 332 g/mol. The number of piperidine rings is 1. The number of nitrogens with one attached hydrogen (secondary N) is 2. The van der Waals surface area contributed by atoms with Gasteiger partial charge < -0.3 is 15.4 Å². The minimum Gasteiger partial charge on any atom is -0.496 e. The van der Waals surface area contributed by atoms with E-state index in [1.54, 1.807) is 13.2 Å². The van der Waals surface area contributed by atoms with Crippen molar-refractivity contribution in [2.75, 3.05) is 13.7 Å². The largest absolute Gasteiger partial charge is 0.496 e. The fraction of sp³-hybridized carbons (Fsp3) is 0.562. The van der Waals surface area contributed by atoms with Crippen LogP contribution < -0.4 is 15.4 Å². The van der Waals surface area contributed by atoms with Crippen molar-refractivity contribution >= 4 is 21.8 Å². The molecular formula is C16H21BrN2O2. The van der Waals surface area contributed by atoms with Crippen molar-refractivity contribution in [2.45, 2.75) is 43.7 Å². The molecule has 1 aliphatic carbocycles. The van der Waals surface area contributed by atoms with Crippen molar-refractivity contribution in [3.8, 4) is 5.75 Å². The zero-order valence-electron chi connectivity index (χ0n) is 12.2. The van der Waals surface area contributed by atoms with E-state index in [4.69, 9.17) is 4.74 Å². The van der Waals surface area contributed by atoms with Gasteiger partial charge in [-0.3, -0.25) is 4.79 Å². The first kappa shape index (κ1) is 14.9. The van der Waals surface area contributed by atoms with E-state index in [2.05, 4.69) is 26.6 Å². The van der Waals surface area contributed by atoms with Gasteiger partial charge in [0.15, 0.2) is 0 Å². The summed E-state index contributed by atoms with van der Waals surface area (Å²) >= 11 is 3.40. The molecule has 1 aliphatic heterocycles. The Morgan fingerprint density at radius 2 is 2.29 bits per heavy atom. The zero-order valence-corrected chi connectivity index (χ0v) is 13.8. The molecule has 1 unspecified atom stereocenters. The van der Waals surface area contributed by atoms with Crippen LogP contribution in [0.4, 0.5) is 0 Å². The minimum absolute atomic E-state index is 0.0410. The Morgan fingerprint density at radius 3 is 2.95 bits per heavy atom. The number of carbonyl (C=O) groups excluding carboxylic acids is 1. The molecule has 1 saturated carbocycles. The lowest BCUT2D eigenvalue weighted by atomic mass is 9.70. The Labute approximate surface area is 133 Å². The maximum atomic E-state index is 12.5. The first-order chi connectivity index (χ1) is 10.1. The summed E-state index contributed by atoms with van der Waals surface area (Å²) in [5.74, 6) is 0.565. The van der Waals surface area contributed by atoms with Crippen molar-refractivity contribution < 1.29 is 9.53 Å². The second-order valence-corrected chi connectivity index (χ2v) is 6.98. The van der Waals surface area contributed by atoms with E-state index < -0.39 is 0 Å². The predicted molar refractivity (Wildman–Crippen MR) is 85.8 cm³/mol. The van der Waals surface area contributed by atoms with Crippen molar-refractivity contribution in [2.24, 2.45) is 0 Å². The number of ether oxygens (including phenoxy) is 1.